The summed E-state index contributed by atoms with van der Waals surface area (Å²) >= 11 is 0. The van der Waals surface area contributed by atoms with Gasteiger partial charge in [0.2, 0.25) is 6.61 Å². The van der Waals surface area contributed by atoms with Crippen LogP contribution < -0.4 is 0 Å². The molecule has 1 aromatic rings. The van der Waals surface area contributed by atoms with Gasteiger partial charge in [-0.2, -0.15) is 31.9 Å². The van der Waals surface area contributed by atoms with Gasteiger partial charge in [-0.05, 0) is 17.5 Å². The van der Waals surface area contributed by atoms with Crippen LogP contribution in [-0.4, -0.2) is 28.5 Å². The van der Waals surface area contributed by atoms with Gasteiger partial charge in [0.05, 0.1) is 10.8 Å². The summed E-state index contributed by atoms with van der Waals surface area (Å²) in [4.78, 5) is 4.73. The van der Waals surface area contributed by atoms with Crippen molar-refractivity contribution in [3.8, 4) is 6.07 Å². The maximum absolute atomic E-state index is 12.2. The van der Waals surface area contributed by atoms with E-state index in [0.717, 1.165) is 5.56 Å². The minimum Gasteiger partial charge on any atom is -0.385 e. The van der Waals surface area contributed by atoms with Crippen molar-refractivity contribution in [1.82, 2.24) is 0 Å². The Morgan fingerprint density at radius 1 is 1.42 bits per heavy atom. The maximum Gasteiger partial charge on any atom is 0.425 e. The number of halogens is 3. The molecule has 134 valence electrons. The highest BCUT2D eigenvalue weighted by molar-refractivity contribution is 7.85. The zero-order valence-corrected chi connectivity index (χ0v) is 15.3. The Kier molecular flexibility index (Phi) is 9.07. The average molecular weight is 380 g/mol. The zero-order valence-electron chi connectivity index (χ0n) is 13.5. The summed E-state index contributed by atoms with van der Waals surface area (Å²) in [6.07, 6.45) is -4.53. The molecule has 1 atom stereocenters. The summed E-state index contributed by atoms with van der Waals surface area (Å²) in [6.45, 7) is 4.07. The Morgan fingerprint density at radius 3 is 2.50 bits per heavy atom. The van der Waals surface area contributed by atoms with Crippen molar-refractivity contribution in [2.75, 3.05) is 12.4 Å². The molecule has 9 heteroatoms. The van der Waals surface area contributed by atoms with Crippen molar-refractivity contribution in [1.29, 1.82) is 5.26 Å². The molecule has 0 aliphatic heterocycles. The van der Waals surface area contributed by atoms with Gasteiger partial charge in [-0.1, -0.05) is 38.1 Å². The molecule has 0 radical (unpaired) electrons. The van der Waals surface area contributed by atoms with Crippen LogP contribution in [0.1, 0.15) is 37.8 Å². The molecule has 0 fully saturated rings. The monoisotopic (exact) mass is 380 g/mol. The predicted molar refractivity (Wildman–Crippen MR) is 92.0 cm³/mol. The van der Waals surface area contributed by atoms with Gasteiger partial charge in [-0.15, -0.1) is 0 Å². The predicted octanol–water partition coefficient (Wildman–Crippen LogP) is 3.86. The lowest BCUT2D eigenvalue weighted by Gasteiger charge is -2.13. The van der Waals surface area contributed by atoms with Gasteiger partial charge in [-0.25, -0.2) is 0 Å². The second kappa shape index (κ2) is 9.69. The molecule has 0 amide bonds. The largest absolute Gasteiger partial charge is 0.425 e. The minimum absolute atomic E-state index is 0. The fraction of sp³-hybridized carbons (Fsp3) is 0.467. The van der Waals surface area contributed by atoms with Gasteiger partial charge in [0, 0.05) is 16.2 Å². The highest BCUT2D eigenvalue weighted by Gasteiger charge is 2.28. The summed E-state index contributed by atoms with van der Waals surface area (Å²) in [6, 6.07) is 6.49. The molecule has 0 spiro atoms. The lowest BCUT2D eigenvalue weighted by Crippen LogP contribution is -2.15. The van der Waals surface area contributed by atoms with E-state index < -0.39 is 23.6 Å². The van der Waals surface area contributed by atoms with E-state index in [0.29, 0.717) is 10.6 Å². The van der Waals surface area contributed by atoms with Crippen molar-refractivity contribution in [2.24, 2.45) is 5.16 Å². The van der Waals surface area contributed by atoms with Crippen LogP contribution >= 0.6 is 13.5 Å². The molecule has 0 heterocycles. The van der Waals surface area contributed by atoms with E-state index in [-0.39, 0.29) is 30.7 Å². The Balaban J connectivity index is 0.00000529. The quantitative estimate of drug-likeness (QED) is 0.556. The Hall–Kier alpha value is -1.53. The molecule has 0 aliphatic rings. The molecule has 0 saturated heterocycles. The normalized spacial score (nSPS) is 13.2. The van der Waals surface area contributed by atoms with Crippen LogP contribution in [-0.2, 0) is 15.6 Å². The number of benzene rings is 1. The van der Waals surface area contributed by atoms with Gasteiger partial charge in [0.1, 0.15) is 6.07 Å². The van der Waals surface area contributed by atoms with E-state index >= 15 is 0 Å². The van der Waals surface area contributed by atoms with Crippen molar-refractivity contribution >= 4 is 30.0 Å². The van der Waals surface area contributed by atoms with Crippen LogP contribution in [0.4, 0.5) is 13.2 Å². The third kappa shape index (κ3) is 6.53. The molecule has 4 nitrogen and oxygen atoms in total. The van der Waals surface area contributed by atoms with Crippen LogP contribution in [0.3, 0.4) is 0 Å². The number of nitriles is 1. The van der Waals surface area contributed by atoms with E-state index in [9.17, 15) is 17.4 Å². The molecule has 24 heavy (non-hydrogen) atoms. The van der Waals surface area contributed by atoms with Gasteiger partial charge in [0.25, 0.3) is 0 Å². The van der Waals surface area contributed by atoms with Crippen LogP contribution in [0.25, 0.3) is 0 Å². The Morgan fingerprint density at radius 2 is 2.04 bits per heavy atom. The summed E-state index contributed by atoms with van der Waals surface area (Å²) < 4.78 is 48.3. The molecule has 1 aromatic carbocycles. The van der Waals surface area contributed by atoms with Crippen molar-refractivity contribution in [3.63, 3.8) is 0 Å². The molecular formula is C15H19F3N2O2S2. The lowest BCUT2D eigenvalue weighted by molar-refractivity contribution is -0.173. The molecule has 0 aliphatic carbocycles. The fourth-order valence-electron chi connectivity index (χ4n) is 1.82. The number of oxime groups is 1. The molecule has 0 N–H and O–H groups in total. The number of nitrogens with zero attached hydrogens (tertiary/aromatic N) is 2. The first-order valence-electron chi connectivity index (χ1n) is 6.89. The first-order chi connectivity index (χ1) is 10.7. The second-order valence-corrected chi connectivity index (χ2v) is 6.69. The molecular weight excluding hydrogens is 361 g/mol. The van der Waals surface area contributed by atoms with Gasteiger partial charge in [0.15, 0.2) is 5.71 Å². The van der Waals surface area contributed by atoms with E-state index in [1.54, 1.807) is 25.1 Å². The van der Waals surface area contributed by atoms with Crippen molar-refractivity contribution in [3.05, 3.63) is 29.3 Å². The SMILES string of the molecule is CCS(=O)c1cc(/C(C#N)=N/OCC(F)(F)F)ccc1C(C)C.S. The van der Waals surface area contributed by atoms with Gasteiger partial charge < -0.3 is 4.84 Å². The molecule has 1 unspecified atom stereocenters. The van der Waals surface area contributed by atoms with Crippen LogP contribution in [0.2, 0.25) is 0 Å². The topological polar surface area (TPSA) is 62.5 Å². The van der Waals surface area contributed by atoms with E-state index in [1.807, 2.05) is 13.8 Å². The Labute approximate surface area is 148 Å². The first kappa shape index (κ1) is 22.5. The van der Waals surface area contributed by atoms with E-state index in [1.165, 1.54) is 6.07 Å². The standard InChI is InChI=1S/C15H17F3N2O2S.H2S/c1-4-23(21)14-7-11(5-6-12(14)10(2)3)13(8-19)20-22-9-15(16,17)18;/h5-7,10H,4,9H2,1-3H3;1H2/b20-13+;. The van der Waals surface area contributed by atoms with Crippen molar-refractivity contribution < 1.29 is 22.2 Å². The average Bonchev–Trinajstić information content (AvgIpc) is 2.49. The number of alkyl halides is 3. The molecule has 0 saturated carbocycles. The van der Waals surface area contributed by atoms with Crippen LogP contribution in [0.15, 0.2) is 28.3 Å². The molecule has 1 rings (SSSR count). The van der Waals surface area contributed by atoms with Crippen molar-refractivity contribution in [2.45, 2.75) is 37.8 Å². The number of hydrogen-bond acceptors (Lipinski definition) is 4. The summed E-state index contributed by atoms with van der Waals surface area (Å²) in [5.41, 5.74) is 0.845. The third-order valence-electron chi connectivity index (χ3n) is 2.91. The molecule has 0 aromatic heterocycles. The summed E-state index contributed by atoms with van der Waals surface area (Å²) in [5, 5.41) is 12.3. The number of hydrogen-bond donors (Lipinski definition) is 0. The smallest absolute Gasteiger partial charge is 0.385 e. The highest BCUT2D eigenvalue weighted by atomic mass is 32.2. The van der Waals surface area contributed by atoms with E-state index in [2.05, 4.69) is 9.99 Å². The zero-order chi connectivity index (χ0) is 17.6. The first-order valence-corrected chi connectivity index (χ1v) is 8.21. The summed E-state index contributed by atoms with van der Waals surface area (Å²) in [5.74, 6) is 0.519. The van der Waals surface area contributed by atoms with Gasteiger partial charge in [-0.3, -0.25) is 4.21 Å². The lowest BCUT2D eigenvalue weighted by atomic mass is 10.0. The minimum atomic E-state index is -4.53. The maximum atomic E-state index is 12.2. The van der Waals surface area contributed by atoms with Crippen LogP contribution in [0, 0.1) is 11.3 Å². The highest BCUT2D eigenvalue weighted by Crippen LogP contribution is 2.24. The third-order valence-corrected chi connectivity index (χ3v) is 4.27. The van der Waals surface area contributed by atoms with Gasteiger partial charge >= 0.3 is 6.18 Å². The van der Waals surface area contributed by atoms with Crippen LogP contribution in [0.5, 0.6) is 0 Å². The molecule has 0 bridgehead atoms. The summed E-state index contributed by atoms with van der Waals surface area (Å²) in [7, 11) is -1.26. The fourth-order valence-corrected chi connectivity index (χ4v) is 2.96. The second-order valence-electron chi connectivity index (χ2n) is 4.98. The number of rotatable bonds is 6. The van der Waals surface area contributed by atoms with E-state index in [4.69, 9.17) is 5.26 Å². The Bertz CT molecular complexity index is 653.